The van der Waals surface area contributed by atoms with Gasteiger partial charge in [-0.15, -0.1) is 0 Å². The Hall–Kier alpha value is -2.08. The highest BCUT2D eigenvalue weighted by Gasteiger charge is 2.20. The molecule has 19 heavy (non-hydrogen) atoms. The molecule has 0 saturated carbocycles. The molecule has 6 heteroatoms. The summed E-state index contributed by atoms with van der Waals surface area (Å²) in [7, 11) is 1.28. The predicted octanol–water partition coefficient (Wildman–Crippen LogP) is 1.27. The summed E-state index contributed by atoms with van der Waals surface area (Å²) in [6, 6.07) is 4.53. The van der Waals surface area contributed by atoms with Crippen molar-refractivity contribution in [3.8, 4) is 5.75 Å². The second-order valence-electron chi connectivity index (χ2n) is 3.84. The van der Waals surface area contributed by atoms with Gasteiger partial charge in [0, 0.05) is 11.1 Å². The molecule has 0 amide bonds. The summed E-state index contributed by atoms with van der Waals surface area (Å²) in [5.74, 6) is -0.659. The molecule has 0 spiro atoms. The third-order valence-corrected chi connectivity index (χ3v) is 2.83. The molecule has 1 aliphatic rings. The van der Waals surface area contributed by atoms with E-state index < -0.39 is 16.9 Å². The number of thiol groups is 1. The number of esters is 1. The molecule has 0 aliphatic carbocycles. The molecule has 0 saturated heterocycles. The molecule has 1 aromatic carbocycles. The van der Waals surface area contributed by atoms with Gasteiger partial charge in [0.05, 0.1) is 12.7 Å². The number of hydrogen-bond donors (Lipinski definition) is 1. The fourth-order valence-corrected chi connectivity index (χ4v) is 1.82. The van der Waals surface area contributed by atoms with Crippen molar-refractivity contribution >= 4 is 35.6 Å². The van der Waals surface area contributed by atoms with Gasteiger partial charge in [0.15, 0.2) is 0 Å². The largest absolute Gasteiger partial charge is 0.488 e. The van der Waals surface area contributed by atoms with Crippen molar-refractivity contribution in [3.05, 3.63) is 34.9 Å². The number of Topliss-reactive ketones (excluding diaryl/α,β-unsaturated/α-hetero) is 1. The SMILES string of the molecule is COC(=O)C1=Cc2cc(C(=O)C(=O)S)ccc2OC1. The summed E-state index contributed by atoms with van der Waals surface area (Å²) < 4.78 is 9.97. The zero-order valence-electron chi connectivity index (χ0n) is 10.0. The molecular formula is C13H10O5S. The maximum Gasteiger partial charge on any atom is 0.337 e. The van der Waals surface area contributed by atoms with E-state index in [0.717, 1.165) is 0 Å². The van der Waals surface area contributed by atoms with E-state index in [9.17, 15) is 14.4 Å². The first-order chi connectivity index (χ1) is 9.02. The number of hydrogen-bond acceptors (Lipinski definition) is 5. The Kier molecular flexibility index (Phi) is 3.71. The second kappa shape index (κ2) is 5.27. The molecule has 0 radical (unpaired) electrons. The molecule has 0 fully saturated rings. The topological polar surface area (TPSA) is 69.7 Å². The summed E-state index contributed by atoms with van der Waals surface area (Å²) in [5, 5.41) is -0.839. The van der Waals surface area contributed by atoms with Gasteiger partial charge in [-0.25, -0.2) is 4.79 Å². The Balaban J connectivity index is 2.41. The summed E-state index contributed by atoms with van der Waals surface area (Å²) >= 11 is 3.49. The minimum atomic E-state index is -0.839. The first-order valence-electron chi connectivity index (χ1n) is 5.36. The van der Waals surface area contributed by atoms with E-state index in [4.69, 9.17) is 4.74 Å². The van der Waals surface area contributed by atoms with Crippen molar-refractivity contribution in [1.82, 2.24) is 0 Å². The van der Waals surface area contributed by atoms with Crippen LogP contribution in [-0.2, 0) is 14.3 Å². The van der Waals surface area contributed by atoms with Gasteiger partial charge >= 0.3 is 5.97 Å². The summed E-state index contributed by atoms with van der Waals surface area (Å²) in [6.45, 7) is 0.110. The van der Waals surface area contributed by atoms with Crippen molar-refractivity contribution in [2.45, 2.75) is 0 Å². The smallest absolute Gasteiger partial charge is 0.337 e. The van der Waals surface area contributed by atoms with Crippen molar-refractivity contribution in [3.63, 3.8) is 0 Å². The molecule has 0 aromatic heterocycles. The fourth-order valence-electron chi connectivity index (χ4n) is 1.69. The fraction of sp³-hybridized carbons (Fsp3) is 0.154. The highest BCUT2D eigenvalue weighted by atomic mass is 32.1. The van der Waals surface area contributed by atoms with Gasteiger partial charge in [0.2, 0.25) is 5.78 Å². The Morgan fingerprint density at radius 1 is 1.32 bits per heavy atom. The lowest BCUT2D eigenvalue weighted by molar-refractivity contribution is -0.136. The van der Waals surface area contributed by atoms with Crippen LogP contribution in [0, 0.1) is 0 Å². The van der Waals surface area contributed by atoms with Crippen LogP contribution in [0.5, 0.6) is 5.75 Å². The van der Waals surface area contributed by atoms with E-state index in [1.54, 1.807) is 12.1 Å². The Morgan fingerprint density at radius 3 is 2.68 bits per heavy atom. The van der Waals surface area contributed by atoms with E-state index >= 15 is 0 Å². The molecule has 0 N–H and O–H groups in total. The number of ketones is 1. The molecule has 5 nitrogen and oxygen atoms in total. The van der Waals surface area contributed by atoms with Crippen molar-refractivity contribution in [2.75, 3.05) is 13.7 Å². The van der Waals surface area contributed by atoms with Gasteiger partial charge in [-0.05, 0) is 24.3 Å². The zero-order valence-corrected chi connectivity index (χ0v) is 10.9. The maximum absolute atomic E-state index is 11.5. The highest BCUT2D eigenvalue weighted by Crippen LogP contribution is 2.28. The number of methoxy groups -OCH3 is 1. The van der Waals surface area contributed by atoms with Gasteiger partial charge < -0.3 is 9.47 Å². The number of carbonyl (C=O) groups excluding carboxylic acids is 3. The third-order valence-electron chi connectivity index (χ3n) is 2.63. The van der Waals surface area contributed by atoms with Crippen LogP contribution in [0.25, 0.3) is 6.08 Å². The summed E-state index contributed by atoms with van der Waals surface area (Å²) in [4.78, 5) is 33.8. The van der Waals surface area contributed by atoms with Crippen molar-refractivity contribution < 1.29 is 23.9 Å². The lowest BCUT2D eigenvalue weighted by Gasteiger charge is -2.17. The first kappa shape index (κ1) is 13.4. The zero-order chi connectivity index (χ0) is 14.0. The first-order valence-corrected chi connectivity index (χ1v) is 5.81. The van der Waals surface area contributed by atoms with Crippen LogP contribution in [0.15, 0.2) is 23.8 Å². The Labute approximate surface area is 114 Å². The van der Waals surface area contributed by atoms with E-state index in [1.165, 1.54) is 19.2 Å². The standard InChI is InChI=1S/C13H10O5S/c1-17-12(15)9-5-8-4-7(11(14)13(16)19)2-3-10(8)18-6-9/h2-5H,6H2,1H3,(H,16,19). The number of benzene rings is 1. The predicted molar refractivity (Wildman–Crippen MR) is 70.3 cm³/mol. The van der Waals surface area contributed by atoms with Gasteiger partial charge in [-0.1, -0.05) is 12.6 Å². The maximum atomic E-state index is 11.5. The molecular weight excluding hydrogens is 268 g/mol. The van der Waals surface area contributed by atoms with Gasteiger partial charge in [0.25, 0.3) is 5.12 Å². The van der Waals surface area contributed by atoms with Crippen molar-refractivity contribution in [2.24, 2.45) is 0 Å². The average Bonchev–Trinajstić information content (AvgIpc) is 2.44. The van der Waals surface area contributed by atoms with Gasteiger partial charge in [-0.3, -0.25) is 9.59 Å². The van der Waals surface area contributed by atoms with Crippen LogP contribution in [0.3, 0.4) is 0 Å². The van der Waals surface area contributed by atoms with E-state index in [2.05, 4.69) is 17.4 Å². The van der Waals surface area contributed by atoms with E-state index in [0.29, 0.717) is 16.9 Å². The molecule has 1 aromatic rings. The minimum Gasteiger partial charge on any atom is -0.488 e. The Bertz CT molecular complexity index is 603. The third kappa shape index (κ3) is 2.68. The number of fused-ring (bicyclic) bond motifs is 1. The van der Waals surface area contributed by atoms with Gasteiger partial charge in [0.1, 0.15) is 12.4 Å². The monoisotopic (exact) mass is 278 g/mol. The number of carbonyl (C=O) groups is 3. The summed E-state index contributed by atoms with van der Waals surface area (Å²) in [5.41, 5.74) is 1.09. The van der Waals surface area contributed by atoms with Crippen LogP contribution in [-0.4, -0.2) is 30.6 Å². The number of rotatable bonds is 3. The lowest BCUT2D eigenvalue weighted by atomic mass is 10.0. The van der Waals surface area contributed by atoms with E-state index in [1.807, 2.05) is 0 Å². The number of ether oxygens (including phenoxy) is 2. The highest BCUT2D eigenvalue weighted by molar-refractivity contribution is 7.99. The quantitative estimate of drug-likeness (QED) is 0.390. The van der Waals surface area contributed by atoms with E-state index in [-0.39, 0.29) is 12.2 Å². The molecule has 0 atom stereocenters. The Morgan fingerprint density at radius 2 is 2.05 bits per heavy atom. The summed E-state index contributed by atoms with van der Waals surface area (Å²) in [6.07, 6.45) is 1.57. The molecule has 1 heterocycles. The molecule has 98 valence electrons. The van der Waals surface area contributed by atoms with Crippen molar-refractivity contribution in [1.29, 1.82) is 0 Å². The average molecular weight is 278 g/mol. The molecule has 0 bridgehead atoms. The van der Waals surface area contributed by atoms with Crippen LogP contribution in [0.1, 0.15) is 15.9 Å². The molecule has 2 rings (SSSR count). The van der Waals surface area contributed by atoms with Crippen LogP contribution in [0.4, 0.5) is 0 Å². The normalized spacial score (nSPS) is 12.8. The van der Waals surface area contributed by atoms with Crippen LogP contribution >= 0.6 is 12.6 Å². The van der Waals surface area contributed by atoms with Gasteiger partial charge in [-0.2, -0.15) is 0 Å². The second-order valence-corrected chi connectivity index (χ2v) is 4.24. The van der Waals surface area contributed by atoms with Crippen LogP contribution in [0.2, 0.25) is 0 Å². The molecule has 1 aliphatic heterocycles. The minimum absolute atomic E-state index is 0.110. The lowest BCUT2D eigenvalue weighted by Crippen LogP contribution is -2.16. The molecule has 0 unspecified atom stereocenters. The van der Waals surface area contributed by atoms with Crippen LogP contribution < -0.4 is 4.74 Å².